The Hall–Kier alpha value is -1.89. The molecule has 1 heterocycles. The van der Waals surface area contributed by atoms with Crippen LogP contribution in [0, 0.1) is 12.7 Å². The van der Waals surface area contributed by atoms with Crippen molar-refractivity contribution in [2.75, 3.05) is 11.1 Å². The molecule has 0 fully saturated rings. The maximum absolute atomic E-state index is 13.2. The highest BCUT2D eigenvalue weighted by Gasteiger charge is 2.13. The lowest BCUT2D eigenvalue weighted by atomic mass is 10.2. The van der Waals surface area contributed by atoms with Crippen molar-refractivity contribution in [3.8, 4) is 0 Å². The fraction of sp³-hybridized carbons (Fsp3) is 0.0909. The van der Waals surface area contributed by atoms with Crippen LogP contribution in [0.15, 0.2) is 22.7 Å². The maximum Gasteiger partial charge on any atom is 0.257 e. The van der Waals surface area contributed by atoms with Gasteiger partial charge >= 0.3 is 0 Å². The minimum Gasteiger partial charge on any atom is -0.394 e. The van der Waals surface area contributed by atoms with E-state index in [9.17, 15) is 9.18 Å². The lowest BCUT2D eigenvalue weighted by molar-refractivity contribution is 0.102. The normalized spacial score (nSPS) is 10.4. The van der Waals surface area contributed by atoms with Gasteiger partial charge in [0.25, 0.3) is 5.91 Å². The molecule has 0 aliphatic rings. The minimum atomic E-state index is -0.499. The molecule has 18 heavy (non-hydrogen) atoms. The molecule has 4 N–H and O–H groups in total. The van der Waals surface area contributed by atoms with E-state index in [-0.39, 0.29) is 11.4 Å². The van der Waals surface area contributed by atoms with Crippen LogP contribution in [0.2, 0.25) is 0 Å². The molecule has 1 aromatic carbocycles. The monoisotopic (exact) mass is 312 g/mol. The molecule has 0 atom stereocenters. The van der Waals surface area contributed by atoms with Gasteiger partial charge in [0.05, 0.1) is 11.4 Å². The Morgan fingerprint density at radius 2 is 2.22 bits per heavy atom. The van der Waals surface area contributed by atoms with Gasteiger partial charge in [0.1, 0.15) is 5.82 Å². The van der Waals surface area contributed by atoms with Gasteiger partial charge in [0, 0.05) is 10.0 Å². The summed E-state index contributed by atoms with van der Waals surface area (Å²) in [4.78, 5) is 11.9. The summed E-state index contributed by atoms with van der Waals surface area (Å²) in [6, 6.07) is 3.91. The summed E-state index contributed by atoms with van der Waals surface area (Å²) in [6.07, 6.45) is 0. The lowest BCUT2D eigenvalue weighted by Gasteiger charge is -2.04. The van der Waals surface area contributed by atoms with E-state index >= 15 is 0 Å². The van der Waals surface area contributed by atoms with E-state index in [4.69, 9.17) is 5.73 Å². The number of carbonyl (C=O) groups excluding carboxylic acids is 1. The highest BCUT2D eigenvalue weighted by molar-refractivity contribution is 9.10. The maximum atomic E-state index is 13.2. The van der Waals surface area contributed by atoms with E-state index in [1.807, 2.05) is 0 Å². The van der Waals surface area contributed by atoms with Crippen LogP contribution in [-0.4, -0.2) is 16.1 Å². The molecule has 0 aliphatic carbocycles. The molecule has 0 radical (unpaired) electrons. The molecule has 0 unspecified atom stereocenters. The SMILES string of the molecule is Cc1[nH]nc(NC(=O)c2cc(F)cc(Br)c2)c1N. The number of nitrogens with two attached hydrogens (primary N) is 1. The van der Waals surface area contributed by atoms with Crippen molar-refractivity contribution >= 4 is 33.3 Å². The van der Waals surface area contributed by atoms with Crippen LogP contribution in [-0.2, 0) is 0 Å². The van der Waals surface area contributed by atoms with Crippen LogP contribution >= 0.6 is 15.9 Å². The summed E-state index contributed by atoms with van der Waals surface area (Å²) in [5, 5.41) is 8.99. The summed E-state index contributed by atoms with van der Waals surface area (Å²) >= 11 is 3.12. The zero-order valence-electron chi connectivity index (χ0n) is 9.42. The summed E-state index contributed by atoms with van der Waals surface area (Å²) in [6.45, 7) is 1.73. The average molecular weight is 313 g/mol. The highest BCUT2D eigenvalue weighted by atomic mass is 79.9. The first kappa shape index (κ1) is 12.6. The van der Waals surface area contributed by atoms with E-state index in [0.29, 0.717) is 15.9 Å². The van der Waals surface area contributed by atoms with Crippen molar-refractivity contribution < 1.29 is 9.18 Å². The Kier molecular flexibility index (Phi) is 3.33. The zero-order valence-corrected chi connectivity index (χ0v) is 11.0. The number of nitrogen functional groups attached to an aromatic ring is 1. The zero-order chi connectivity index (χ0) is 13.3. The number of rotatable bonds is 2. The predicted octanol–water partition coefficient (Wildman–Crippen LogP) is 2.45. The number of aryl methyl sites for hydroxylation is 1. The van der Waals surface area contributed by atoms with Crippen molar-refractivity contribution in [3.05, 3.63) is 39.7 Å². The van der Waals surface area contributed by atoms with Crippen molar-refractivity contribution in [3.63, 3.8) is 0 Å². The van der Waals surface area contributed by atoms with E-state index in [0.717, 1.165) is 6.07 Å². The second-order valence-electron chi connectivity index (χ2n) is 3.72. The number of hydrogen-bond donors (Lipinski definition) is 3. The van der Waals surface area contributed by atoms with Gasteiger partial charge in [-0.25, -0.2) is 4.39 Å². The van der Waals surface area contributed by atoms with Crippen LogP contribution < -0.4 is 11.1 Å². The predicted molar refractivity (Wildman–Crippen MR) is 69.8 cm³/mol. The van der Waals surface area contributed by atoms with Crippen LogP contribution in [0.4, 0.5) is 15.9 Å². The van der Waals surface area contributed by atoms with E-state index < -0.39 is 11.7 Å². The molecule has 5 nitrogen and oxygen atoms in total. The third-order valence-electron chi connectivity index (χ3n) is 2.35. The third kappa shape index (κ3) is 2.51. The first-order valence-corrected chi connectivity index (χ1v) is 5.84. The Labute approximate surface area is 111 Å². The quantitative estimate of drug-likeness (QED) is 0.796. The molecule has 1 amide bonds. The smallest absolute Gasteiger partial charge is 0.257 e. The summed E-state index contributed by atoms with van der Waals surface area (Å²) < 4.78 is 13.6. The Bertz CT molecular complexity index is 591. The van der Waals surface area contributed by atoms with E-state index in [1.54, 1.807) is 6.92 Å². The first-order valence-electron chi connectivity index (χ1n) is 5.05. The van der Waals surface area contributed by atoms with Gasteiger partial charge < -0.3 is 11.1 Å². The van der Waals surface area contributed by atoms with Crippen LogP contribution in [0.1, 0.15) is 16.1 Å². The van der Waals surface area contributed by atoms with Gasteiger partial charge in [-0.2, -0.15) is 5.10 Å². The fourth-order valence-electron chi connectivity index (χ4n) is 1.40. The average Bonchev–Trinajstić information content (AvgIpc) is 2.59. The standard InChI is InChI=1S/C11H10BrFN4O/c1-5-9(14)10(17-16-5)15-11(18)6-2-7(12)4-8(13)3-6/h2-4H,14H2,1H3,(H2,15,16,17,18). The number of aromatic amines is 1. The van der Waals surface area contributed by atoms with Crippen molar-refractivity contribution in [1.29, 1.82) is 0 Å². The number of aromatic nitrogens is 2. The topological polar surface area (TPSA) is 83.8 Å². The van der Waals surface area contributed by atoms with Gasteiger partial charge in [-0.1, -0.05) is 15.9 Å². The number of amides is 1. The van der Waals surface area contributed by atoms with Gasteiger partial charge in [0.15, 0.2) is 5.82 Å². The molecular formula is C11H10BrFN4O. The summed E-state index contributed by atoms with van der Waals surface area (Å²) in [5.41, 5.74) is 6.90. The van der Waals surface area contributed by atoms with Gasteiger partial charge in [-0.3, -0.25) is 9.89 Å². The van der Waals surface area contributed by atoms with Crippen LogP contribution in [0.3, 0.4) is 0 Å². The second-order valence-corrected chi connectivity index (χ2v) is 4.64. The number of carbonyl (C=O) groups is 1. The molecule has 94 valence electrons. The fourth-order valence-corrected chi connectivity index (χ4v) is 1.86. The van der Waals surface area contributed by atoms with Crippen LogP contribution in [0.25, 0.3) is 0 Å². The number of benzene rings is 1. The van der Waals surface area contributed by atoms with Crippen molar-refractivity contribution in [2.24, 2.45) is 0 Å². The minimum absolute atomic E-state index is 0.182. The third-order valence-corrected chi connectivity index (χ3v) is 2.81. The van der Waals surface area contributed by atoms with Crippen molar-refractivity contribution in [2.45, 2.75) is 6.92 Å². The number of hydrogen-bond acceptors (Lipinski definition) is 3. The molecule has 1 aromatic heterocycles. The number of anilines is 2. The van der Waals surface area contributed by atoms with Gasteiger partial charge in [-0.15, -0.1) is 0 Å². The molecule has 0 spiro atoms. The molecule has 7 heteroatoms. The number of H-pyrrole nitrogens is 1. The molecule has 2 aromatic rings. The molecule has 0 aliphatic heterocycles. The molecule has 2 rings (SSSR count). The summed E-state index contributed by atoms with van der Waals surface area (Å²) in [7, 11) is 0. The number of halogens is 2. The Balaban J connectivity index is 2.24. The second kappa shape index (κ2) is 4.77. The highest BCUT2D eigenvalue weighted by Crippen LogP contribution is 2.20. The van der Waals surface area contributed by atoms with Gasteiger partial charge in [0.2, 0.25) is 0 Å². The Morgan fingerprint density at radius 3 is 2.78 bits per heavy atom. The summed E-state index contributed by atoms with van der Waals surface area (Å²) in [5.74, 6) is -0.744. The first-order chi connectivity index (χ1) is 8.47. The van der Waals surface area contributed by atoms with E-state index in [2.05, 4.69) is 31.4 Å². The van der Waals surface area contributed by atoms with Gasteiger partial charge in [-0.05, 0) is 25.1 Å². The van der Waals surface area contributed by atoms with E-state index in [1.165, 1.54) is 12.1 Å². The van der Waals surface area contributed by atoms with Crippen LogP contribution in [0.5, 0.6) is 0 Å². The largest absolute Gasteiger partial charge is 0.394 e. The molecule has 0 saturated heterocycles. The molecular weight excluding hydrogens is 303 g/mol. The molecule has 0 bridgehead atoms. The number of nitrogens with one attached hydrogen (secondary N) is 2. The molecule has 0 saturated carbocycles. The van der Waals surface area contributed by atoms with Crippen molar-refractivity contribution in [1.82, 2.24) is 10.2 Å². The lowest BCUT2D eigenvalue weighted by Crippen LogP contribution is -2.13. The number of nitrogens with zero attached hydrogens (tertiary/aromatic N) is 1. The Morgan fingerprint density at radius 1 is 1.50 bits per heavy atom.